The van der Waals surface area contributed by atoms with Crippen molar-refractivity contribution in [3.8, 4) is 34.5 Å². The molecule has 0 saturated carbocycles. The molecule has 4 rings (SSSR count). The SMILES string of the molecule is COc1ccccc1Oc1c(OCC2CCC(=O)O2)nc(-c2ccncc2)nc1C(N)=O. The Morgan fingerprint density at radius 1 is 1.16 bits per heavy atom. The summed E-state index contributed by atoms with van der Waals surface area (Å²) in [6.07, 6.45) is 3.54. The summed E-state index contributed by atoms with van der Waals surface area (Å²) in [5.74, 6) is -0.260. The number of para-hydroxylation sites is 2. The number of hydrogen-bond donors (Lipinski definition) is 1. The molecule has 3 aromatic rings. The fourth-order valence-corrected chi connectivity index (χ4v) is 3.10. The quantitative estimate of drug-likeness (QED) is 0.528. The number of rotatable bonds is 8. The van der Waals surface area contributed by atoms with E-state index in [4.69, 9.17) is 24.7 Å². The average Bonchev–Trinajstić information content (AvgIpc) is 3.24. The minimum atomic E-state index is -0.829. The molecule has 0 bridgehead atoms. The topological polar surface area (TPSA) is 136 Å². The first-order valence-corrected chi connectivity index (χ1v) is 9.80. The van der Waals surface area contributed by atoms with Crippen LogP contribution < -0.4 is 19.9 Å². The standard InChI is InChI=1S/C22H20N4O6/c1-29-15-4-2-3-5-16(15)32-19-18(20(23)28)25-21(13-8-10-24-11-9-13)26-22(19)30-12-14-6-7-17(27)31-14/h2-5,8-11,14H,6-7,12H2,1H3,(H2,23,28). The average molecular weight is 436 g/mol. The molecule has 10 nitrogen and oxygen atoms in total. The number of ether oxygens (including phenoxy) is 4. The number of hydrogen-bond acceptors (Lipinski definition) is 9. The van der Waals surface area contributed by atoms with E-state index in [0.717, 1.165) is 0 Å². The van der Waals surface area contributed by atoms with Crippen LogP contribution in [-0.4, -0.2) is 46.6 Å². The van der Waals surface area contributed by atoms with Crippen molar-refractivity contribution in [2.75, 3.05) is 13.7 Å². The normalized spacial score (nSPS) is 15.2. The van der Waals surface area contributed by atoms with Gasteiger partial charge in [0.1, 0.15) is 12.7 Å². The van der Waals surface area contributed by atoms with E-state index < -0.39 is 12.0 Å². The maximum atomic E-state index is 12.3. The number of nitrogens with zero attached hydrogens (tertiary/aromatic N) is 3. The maximum Gasteiger partial charge on any atom is 0.306 e. The molecule has 0 spiro atoms. The molecule has 2 N–H and O–H groups in total. The zero-order chi connectivity index (χ0) is 22.5. The highest BCUT2D eigenvalue weighted by molar-refractivity contribution is 5.95. The van der Waals surface area contributed by atoms with Gasteiger partial charge in [-0.3, -0.25) is 14.6 Å². The van der Waals surface area contributed by atoms with Gasteiger partial charge in [-0.2, -0.15) is 4.98 Å². The molecule has 1 atom stereocenters. The Hall–Kier alpha value is -4.21. The lowest BCUT2D eigenvalue weighted by Gasteiger charge is -2.17. The predicted octanol–water partition coefficient (Wildman–Crippen LogP) is 2.52. The number of esters is 1. The van der Waals surface area contributed by atoms with Crippen molar-refractivity contribution in [2.24, 2.45) is 5.73 Å². The van der Waals surface area contributed by atoms with E-state index in [1.807, 2.05) is 0 Å². The van der Waals surface area contributed by atoms with Gasteiger partial charge in [-0.15, -0.1) is 0 Å². The molecule has 1 fully saturated rings. The van der Waals surface area contributed by atoms with Crippen LogP contribution in [0, 0.1) is 0 Å². The van der Waals surface area contributed by atoms with Crippen LogP contribution in [0.25, 0.3) is 11.4 Å². The van der Waals surface area contributed by atoms with Gasteiger partial charge in [-0.25, -0.2) is 4.98 Å². The Kier molecular flexibility index (Phi) is 6.11. The minimum absolute atomic E-state index is 0.0190. The van der Waals surface area contributed by atoms with Crippen molar-refractivity contribution in [1.29, 1.82) is 0 Å². The molecule has 1 unspecified atom stereocenters. The Balaban J connectivity index is 1.77. The summed E-state index contributed by atoms with van der Waals surface area (Å²) in [5, 5.41) is 0. The zero-order valence-corrected chi connectivity index (χ0v) is 17.2. The number of nitrogens with two attached hydrogens (primary N) is 1. The molecule has 10 heteroatoms. The van der Waals surface area contributed by atoms with Crippen molar-refractivity contribution in [3.05, 3.63) is 54.5 Å². The lowest BCUT2D eigenvalue weighted by molar-refractivity contribution is -0.142. The van der Waals surface area contributed by atoms with E-state index in [9.17, 15) is 9.59 Å². The van der Waals surface area contributed by atoms with Crippen LogP contribution in [0.5, 0.6) is 23.1 Å². The monoisotopic (exact) mass is 436 g/mol. The second-order valence-electron chi connectivity index (χ2n) is 6.84. The maximum absolute atomic E-state index is 12.3. The molecule has 1 aromatic carbocycles. The van der Waals surface area contributed by atoms with Crippen LogP contribution in [0.4, 0.5) is 0 Å². The van der Waals surface area contributed by atoms with E-state index in [2.05, 4.69) is 15.0 Å². The van der Waals surface area contributed by atoms with Crippen molar-refractivity contribution in [1.82, 2.24) is 15.0 Å². The van der Waals surface area contributed by atoms with Gasteiger partial charge in [-0.05, 0) is 30.7 Å². The molecule has 164 valence electrons. The van der Waals surface area contributed by atoms with E-state index in [-0.39, 0.29) is 35.7 Å². The van der Waals surface area contributed by atoms with E-state index in [0.29, 0.717) is 29.9 Å². The lowest BCUT2D eigenvalue weighted by Crippen LogP contribution is -2.20. The van der Waals surface area contributed by atoms with Crippen LogP contribution in [0.2, 0.25) is 0 Å². The summed E-state index contributed by atoms with van der Waals surface area (Å²) in [4.78, 5) is 36.4. The molecule has 1 aliphatic heterocycles. The number of benzene rings is 1. The van der Waals surface area contributed by atoms with E-state index in [1.54, 1.807) is 48.8 Å². The first-order chi connectivity index (χ1) is 15.5. The summed E-state index contributed by atoms with van der Waals surface area (Å²) in [6, 6.07) is 10.2. The Bertz CT molecular complexity index is 1140. The van der Waals surface area contributed by atoms with Gasteiger partial charge in [0.2, 0.25) is 5.75 Å². The molecule has 0 radical (unpaired) electrons. The summed E-state index contributed by atoms with van der Waals surface area (Å²) in [7, 11) is 1.49. The molecular formula is C22H20N4O6. The third kappa shape index (κ3) is 4.59. The highest BCUT2D eigenvalue weighted by Crippen LogP contribution is 2.38. The molecule has 3 heterocycles. The fraction of sp³-hybridized carbons (Fsp3) is 0.227. The van der Waals surface area contributed by atoms with Gasteiger partial charge in [0.05, 0.1) is 7.11 Å². The Labute approximate surface area is 183 Å². The highest BCUT2D eigenvalue weighted by atomic mass is 16.6. The molecule has 32 heavy (non-hydrogen) atoms. The third-order valence-electron chi connectivity index (χ3n) is 4.66. The number of methoxy groups -OCH3 is 1. The number of primary amides is 1. The molecule has 2 aromatic heterocycles. The second kappa shape index (κ2) is 9.29. The summed E-state index contributed by atoms with van der Waals surface area (Å²) in [6.45, 7) is 0.0268. The van der Waals surface area contributed by atoms with E-state index >= 15 is 0 Å². The van der Waals surface area contributed by atoms with Gasteiger partial charge < -0.3 is 24.7 Å². The number of pyridine rings is 1. The number of carbonyl (C=O) groups excluding carboxylic acids is 2. The Morgan fingerprint density at radius 3 is 2.56 bits per heavy atom. The van der Waals surface area contributed by atoms with Gasteiger partial charge in [0.25, 0.3) is 11.8 Å². The number of aromatic nitrogens is 3. The van der Waals surface area contributed by atoms with Crippen molar-refractivity contribution in [3.63, 3.8) is 0 Å². The number of amides is 1. The summed E-state index contributed by atoms with van der Waals surface area (Å²) >= 11 is 0. The van der Waals surface area contributed by atoms with Gasteiger partial charge >= 0.3 is 5.97 Å². The van der Waals surface area contributed by atoms with Crippen LogP contribution in [0.15, 0.2) is 48.8 Å². The third-order valence-corrected chi connectivity index (χ3v) is 4.66. The largest absolute Gasteiger partial charge is 0.493 e. The van der Waals surface area contributed by atoms with Crippen molar-refractivity contribution < 1.29 is 28.5 Å². The molecule has 0 aliphatic carbocycles. The minimum Gasteiger partial charge on any atom is -0.493 e. The van der Waals surface area contributed by atoms with Gasteiger partial charge in [0.15, 0.2) is 23.0 Å². The van der Waals surface area contributed by atoms with Gasteiger partial charge in [-0.1, -0.05) is 12.1 Å². The first kappa shape index (κ1) is 21.0. The molecule has 1 aliphatic rings. The fourth-order valence-electron chi connectivity index (χ4n) is 3.10. The van der Waals surface area contributed by atoms with Crippen LogP contribution in [0.1, 0.15) is 23.3 Å². The smallest absolute Gasteiger partial charge is 0.306 e. The Morgan fingerprint density at radius 2 is 1.91 bits per heavy atom. The highest BCUT2D eigenvalue weighted by Gasteiger charge is 2.27. The number of carbonyl (C=O) groups is 2. The molecular weight excluding hydrogens is 416 g/mol. The number of cyclic esters (lactones) is 1. The van der Waals surface area contributed by atoms with Crippen molar-refractivity contribution >= 4 is 11.9 Å². The second-order valence-corrected chi connectivity index (χ2v) is 6.84. The zero-order valence-electron chi connectivity index (χ0n) is 17.2. The van der Waals surface area contributed by atoms with Crippen LogP contribution >= 0.6 is 0 Å². The first-order valence-electron chi connectivity index (χ1n) is 9.80. The predicted molar refractivity (Wildman–Crippen MR) is 111 cm³/mol. The van der Waals surface area contributed by atoms with Crippen LogP contribution in [0.3, 0.4) is 0 Å². The summed E-state index contributed by atoms with van der Waals surface area (Å²) < 4.78 is 22.3. The van der Waals surface area contributed by atoms with Crippen molar-refractivity contribution in [2.45, 2.75) is 18.9 Å². The molecule has 1 saturated heterocycles. The van der Waals surface area contributed by atoms with E-state index in [1.165, 1.54) is 7.11 Å². The summed E-state index contributed by atoms with van der Waals surface area (Å²) in [5.41, 5.74) is 6.04. The lowest BCUT2D eigenvalue weighted by atomic mass is 10.2. The van der Waals surface area contributed by atoms with Crippen LogP contribution in [-0.2, 0) is 9.53 Å². The van der Waals surface area contributed by atoms with Gasteiger partial charge in [0, 0.05) is 24.4 Å². The molecule has 1 amide bonds.